The lowest BCUT2D eigenvalue weighted by atomic mass is 9.85. The smallest absolute Gasteiger partial charge is 0.244 e. The summed E-state index contributed by atoms with van der Waals surface area (Å²) in [6.45, 7) is 4.58. The highest BCUT2D eigenvalue weighted by molar-refractivity contribution is 5.89. The average Bonchev–Trinajstić information content (AvgIpc) is 2.98. The van der Waals surface area contributed by atoms with E-state index in [0.717, 1.165) is 31.6 Å². The van der Waals surface area contributed by atoms with Gasteiger partial charge in [0.1, 0.15) is 0 Å². The summed E-state index contributed by atoms with van der Waals surface area (Å²) in [6, 6.07) is 0.496. The lowest BCUT2D eigenvalue weighted by molar-refractivity contribution is -0.136. The van der Waals surface area contributed by atoms with Crippen LogP contribution in [0.15, 0.2) is 0 Å². The van der Waals surface area contributed by atoms with Gasteiger partial charge in [0.25, 0.3) is 0 Å². The molecule has 3 rings (SSSR count). The van der Waals surface area contributed by atoms with Gasteiger partial charge >= 0.3 is 0 Å². The van der Waals surface area contributed by atoms with Gasteiger partial charge in [0, 0.05) is 6.04 Å². The number of hydrogen-bond donors (Lipinski definition) is 1. The van der Waals surface area contributed by atoms with E-state index in [0.29, 0.717) is 18.1 Å². The Bertz CT molecular complexity index is 362. The highest BCUT2D eigenvalue weighted by Gasteiger charge is 2.53. The quantitative estimate of drug-likeness (QED) is 0.857. The molecule has 0 aromatic carbocycles. The van der Waals surface area contributed by atoms with E-state index in [4.69, 9.17) is 0 Å². The first-order valence-corrected chi connectivity index (χ1v) is 8.77. The van der Waals surface area contributed by atoms with Crippen LogP contribution in [0.3, 0.4) is 0 Å². The largest absolute Gasteiger partial charge is 0.323 e. The molecule has 3 fully saturated rings. The van der Waals surface area contributed by atoms with E-state index in [1.54, 1.807) is 0 Å². The molecule has 114 valence electrons. The molecule has 1 N–H and O–H groups in total. The third kappa shape index (κ3) is 2.38. The van der Waals surface area contributed by atoms with Crippen molar-refractivity contribution in [3.8, 4) is 0 Å². The van der Waals surface area contributed by atoms with Gasteiger partial charge < -0.3 is 4.90 Å². The Morgan fingerprint density at radius 3 is 2.65 bits per heavy atom. The van der Waals surface area contributed by atoms with Crippen molar-refractivity contribution in [2.45, 2.75) is 95.8 Å². The van der Waals surface area contributed by atoms with E-state index >= 15 is 0 Å². The first-order chi connectivity index (χ1) is 9.66. The maximum atomic E-state index is 13.1. The zero-order chi connectivity index (χ0) is 14.2. The number of rotatable bonds is 3. The van der Waals surface area contributed by atoms with Crippen molar-refractivity contribution >= 4 is 5.91 Å². The highest BCUT2D eigenvalue weighted by Crippen LogP contribution is 2.40. The van der Waals surface area contributed by atoms with Crippen LogP contribution in [0.1, 0.15) is 78.1 Å². The van der Waals surface area contributed by atoms with E-state index in [-0.39, 0.29) is 5.54 Å². The summed E-state index contributed by atoms with van der Waals surface area (Å²) in [5, 5.41) is 3.76. The second-order valence-electron chi connectivity index (χ2n) is 7.38. The van der Waals surface area contributed by atoms with Crippen LogP contribution < -0.4 is 5.32 Å². The second kappa shape index (κ2) is 5.67. The van der Waals surface area contributed by atoms with Crippen LogP contribution in [-0.4, -0.2) is 28.6 Å². The molecule has 20 heavy (non-hydrogen) atoms. The van der Waals surface area contributed by atoms with E-state index in [1.807, 2.05) is 0 Å². The summed E-state index contributed by atoms with van der Waals surface area (Å²) in [6.07, 6.45) is 12.2. The van der Waals surface area contributed by atoms with Crippen molar-refractivity contribution in [1.29, 1.82) is 0 Å². The summed E-state index contributed by atoms with van der Waals surface area (Å²) in [5.41, 5.74) is -0.180. The predicted octanol–water partition coefficient (Wildman–Crippen LogP) is 3.44. The summed E-state index contributed by atoms with van der Waals surface area (Å²) in [7, 11) is 0. The Labute approximate surface area is 123 Å². The Balaban J connectivity index is 1.80. The number of nitrogens with zero attached hydrogens (tertiary/aromatic N) is 1. The number of carbonyl (C=O) groups excluding carboxylic acids is 1. The average molecular weight is 278 g/mol. The first kappa shape index (κ1) is 14.4. The summed E-state index contributed by atoms with van der Waals surface area (Å²) < 4.78 is 0. The molecule has 2 saturated carbocycles. The molecule has 1 aliphatic heterocycles. The van der Waals surface area contributed by atoms with Crippen molar-refractivity contribution < 1.29 is 4.79 Å². The minimum atomic E-state index is -0.180. The lowest BCUT2D eigenvalue weighted by Crippen LogP contribution is -2.47. The van der Waals surface area contributed by atoms with Gasteiger partial charge in [-0.25, -0.2) is 0 Å². The molecule has 0 radical (unpaired) electrons. The van der Waals surface area contributed by atoms with Crippen molar-refractivity contribution in [1.82, 2.24) is 10.2 Å². The fourth-order valence-electron chi connectivity index (χ4n) is 4.74. The summed E-state index contributed by atoms with van der Waals surface area (Å²) in [4.78, 5) is 15.4. The molecule has 3 heteroatoms. The number of carbonyl (C=O) groups is 1. The Hall–Kier alpha value is -0.570. The van der Waals surface area contributed by atoms with Gasteiger partial charge in [-0.1, -0.05) is 46.0 Å². The zero-order valence-corrected chi connectivity index (χ0v) is 13.2. The van der Waals surface area contributed by atoms with E-state index < -0.39 is 0 Å². The third-order valence-electron chi connectivity index (χ3n) is 5.74. The normalized spacial score (nSPS) is 37.0. The second-order valence-corrected chi connectivity index (χ2v) is 7.38. The lowest BCUT2D eigenvalue weighted by Gasteiger charge is -2.37. The van der Waals surface area contributed by atoms with Crippen molar-refractivity contribution in [3.05, 3.63) is 0 Å². The molecular weight excluding hydrogens is 248 g/mol. The van der Waals surface area contributed by atoms with Gasteiger partial charge in [-0.15, -0.1) is 0 Å². The molecule has 0 bridgehead atoms. The molecule has 3 nitrogen and oxygen atoms in total. The predicted molar refractivity (Wildman–Crippen MR) is 81.3 cm³/mol. The van der Waals surface area contributed by atoms with Gasteiger partial charge in [-0.2, -0.15) is 0 Å². The molecular formula is C17H30N2O. The Kier molecular flexibility index (Phi) is 4.07. The summed E-state index contributed by atoms with van der Waals surface area (Å²) >= 11 is 0. The van der Waals surface area contributed by atoms with Crippen LogP contribution >= 0.6 is 0 Å². The van der Waals surface area contributed by atoms with Crippen molar-refractivity contribution in [2.75, 3.05) is 0 Å². The molecule has 3 aliphatic rings. The highest BCUT2D eigenvalue weighted by atomic mass is 16.2. The SMILES string of the molecule is CCCC1NC2(CCCC2)C(=O)N1C1CCCC(C)C1. The minimum absolute atomic E-state index is 0.180. The van der Waals surface area contributed by atoms with Gasteiger partial charge in [0.2, 0.25) is 5.91 Å². The Morgan fingerprint density at radius 1 is 1.25 bits per heavy atom. The molecule has 1 amide bonds. The number of amides is 1. The maximum Gasteiger partial charge on any atom is 0.244 e. The zero-order valence-electron chi connectivity index (χ0n) is 13.2. The minimum Gasteiger partial charge on any atom is -0.323 e. The molecule has 0 aromatic rings. The van der Waals surface area contributed by atoms with Gasteiger partial charge in [-0.05, 0) is 38.0 Å². The number of hydrogen-bond acceptors (Lipinski definition) is 2. The van der Waals surface area contributed by atoms with E-state index in [2.05, 4.69) is 24.1 Å². The van der Waals surface area contributed by atoms with Crippen LogP contribution in [0, 0.1) is 5.92 Å². The monoisotopic (exact) mass is 278 g/mol. The van der Waals surface area contributed by atoms with E-state index in [9.17, 15) is 4.79 Å². The van der Waals surface area contributed by atoms with Gasteiger partial charge in [0.05, 0.1) is 11.7 Å². The fourth-order valence-corrected chi connectivity index (χ4v) is 4.74. The third-order valence-corrected chi connectivity index (χ3v) is 5.74. The number of nitrogens with one attached hydrogen (secondary N) is 1. The van der Waals surface area contributed by atoms with Gasteiger partial charge in [0.15, 0.2) is 0 Å². The summed E-state index contributed by atoms with van der Waals surface area (Å²) in [5.74, 6) is 1.22. The first-order valence-electron chi connectivity index (χ1n) is 8.77. The van der Waals surface area contributed by atoms with Crippen LogP contribution in [0.5, 0.6) is 0 Å². The van der Waals surface area contributed by atoms with E-state index in [1.165, 1.54) is 38.5 Å². The molecule has 3 atom stereocenters. The van der Waals surface area contributed by atoms with Crippen LogP contribution in [-0.2, 0) is 4.79 Å². The topological polar surface area (TPSA) is 32.3 Å². The molecule has 3 unspecified atom stereocenters. The van der Waals surface area contributed by atoms with Crippen molar-refractivity contribution in [2.24, 2.45) is 5.92 Å². The standard InChI is InChI=1S/C17H30N2O/c1-3-7-15-18-17(10-4-5-11-17)16(20)19(15)14-9-6-8-13(2)12-14/h13-15,18H,3-12H2,1-2H3. The van der Waals surface area contributed by atoms with Crippen molar-refractivity contribution in [3.63, 3.8) is 0 Å². The van der Waals surface area contributed by atoms with Crippen LogP contribution in [0.2, 0.25) is 0 Å². The molecule has 1 spiro atoms. The maximum absolute atomic E-state index is 13.1. The molecule has 2 aliphatic carbocycles. The molecule has 1 heterocycles. The molecule has 0 aromatic heterocycles. The van der Waals surface area contributed by atoms with Crippen LogP contribution in [0.4, 0.5) is 0 Å². The Morgan fingerprint density at radius 2 is 2.00 bits per heavy atom. The fraction of sp³-hybridized carbons (Fsp3) is 0.941. The molecule has 1 saturated heterocycles. The van der Waals surface area contributed by atoms with Gasteiger partial charge in [-0.3, -0.25) is 10.1 Å². The van der Waals surface area contributed by atoms with Crippen LogP contribution in [0.25, 0.3) is 0 Å².